The van der Waals surface area contributed by atoms with Gasteiger partial charge in [-0.3, -0.25) is 0 Å². The van der Waals surface area contributed by atoms with E-state index in [2.05, 4.69) is 0 Å². The minimum absolute atomic E-state index is 0.630. The second kappa shape index (κ2) is 3.67. The van der Waals surface area contributed by atoms with Crippen LogP contribution in [0.4, 0.5) is 5.69 Å². The number of fused-ring (bicyclic) bond motifs is 1. The highest BCUT2D eigenvalue weighted by Crippen LogP contribution is 2.40. The fourth-order valence-corrected chi connectivity index (χ4v) is 2.63. The average Bonchev–Trinajstić information content (AvgIpc) is 2.55. The van der Waals surface area contributed by atoms with Crippen LogP contribution in [0.15, 0.2) is 17.5 Å². The first-order valence-electron chi connectivity index (χ1n) is 4.32. The highest BCUT2D eigenvalue weighted by Gasteiger charge is 2.10. The van der Waals surface area contributed by atoms with E-state index in [0.717, 1.165) is 21.5 Å². The largest absolute Gasteiger partial charge is 0.493 e. The molecule has 0 saturated carbocycles. The van der Waals surface area contributed by atoms with E-state index in [-0.39, 0.29) is 0 Å². The summed E-state index contributed by atoms with van der Waals surface area (Å²) in [6.45, 7) is 2.58. The van der Waals surface area contributed by atoms with Crippen molar-refractivity contribution in [1.29, 1.82) is 0 Å². The van der Waals surface area contributed by atoms with Gasteiger partial charge in [0.1, 0.15) is 5.75 Å². The van der Waals surface area contributed by atoms with E-state index in [9.17, 15) is 0 Å². The molecule has 0 aliphatic carbocycles. The molecule has 2 N–H and O–H groups in total. The van der Waals surface area contributed by atoms with Gasteiger partial charge in [-0.1, -0.05) is 11.6 Å². The summed E-state index contributed by atoms with van der Waals surface area (Å²) in [5, 5.41) is 3.52. The van der Waals surface area contributed by atoms with Crippen LogP contribution in [-0.4, -0.2) is 6.61 Å². The molecule has 1 aromatic heterocycles. The van der Waals surface area contributed by atoms with Crippen LogP contribution >= 0.6 is 22.9 Å². The van der Waals surface area contributed by atoms with Gasteiger partial charge in [-0.05, 0) is 19.1 Å². The van der Waals surface area contributed by atoms with E-state index in [0.29, 0.717) is 11.6 Å². The molecular weight excluding hydrogens is 218 g/mol. The van der Waals surface area contributed by atoms with Crippen molar-refractivity contribution in [3.63, 3.8) is 0 Å². The standard InChI is InChI=1S/C10H10ClNOS/c1-2-13-8-4-3-7(12)10-9(8)6(11)5-14-10/h3-5H,2,12H2,1H3. The quantitative estimate of drug-likeness (QED) is 0.797. The number of nitrogen functional groups attached to an aromatic ring is 1. The highest BCUT2D eigenvalue weighted by molar-refractivity contribution is 7.18. The molecule has 74 valence electrons. The Bertz CT molecular complexity index is 466. The van der Waals surface area contributed by atoms with Crippen LogP contribution in [0.3, 0.4) is 0 Å². The molecule has 0 atom stereocenters. The minimum atomic E-state index is 0.630. The van der Waals surface area contributed by atoms with Crippen LogP contribution < -0.4 is 10.5 Å². The predicted molar refractivity (Wildman–Crippen MR) is 62.4 cm³/mol. The lowest BCUT2D eigenvalue weighted by atomic mass is 10.2. The number of anilines is 1. The Morgan fingerprint density at radius 3 is 3.00 bits per heavy atom. The molecule has 14 heavy (non-hydrogen) atoms. The third-order valence-electron chi connectivity index (χ3n) is 1.97. The maximum absolute atomic E-state index is 6.06. The van der Waals surface area contributed by atoms with Crippen molar-refractivity contribution in [3.05, 3.63) is 22.5 Å². The zero-order chi connectivity index (χ0) is 10.1. The van der Waals surface area contributed by atoms with Crippen molar-refractivity contribution < 1.29 is 4.74 Å². The van der Waals surface area contributed by atoms with E-state index in [1.807, 2.05) is 24.4 Å². The Kier molecular flexibility index (Phi) is 2.52. The van der Waals surface area contributed by atoms with Crippen LogP contribution in [0, 0.1) is 0 Å². The Morgan fingerprint density at radius 2 is 2.29 bits per heavy atom. The van der Waals surface area contributed by atoms with Gasteiger partial charge in [-0.2, -0.15) is 0 Å². The van der Waals surface area contributed by atoms with Crippen LogP contribution in [-0.2, 0) is 0 Å². The van der Waals surface area contributed by atoms with Gasteiger partial charge < -0.3 is 10.5 Å². The Balaban J connectivity index is 2.72. The van der Waals surface area contributed by atoms with E-state index >= 15 is 0 Å². The molecule has 4 heteroatoms. The van der Waals surface area contributed by atoms with Crippen LogP contribution in [0.1, 0.15) is 6.92 Å². The van der Waals surface area contributed by atoms with Crippen molar-refractivity contribution in [2.45, 2.75) is 6.92 Å². The van der Waals surface area contributed by atoms with Gasteiger partial charge in [0, 0.05) is 11.1 Å². The first-order valence-corrected chi connectivity index (χ1v) is 5.57. The lowest BCUT2D eigenvalue weighted by molar-refractivity contribution is 0.344. The van der Waals surface area contributed by atoms with Crippen LogP contribution in [0.5, 0.6) is 5.75 Å². The Morgan fingerprint density at radius 1 is 1.50 bits per heavy atom. The van der Waals surface area contributed by atoms with Gasteiger partial charge in [-0.15, -0.1) is 11.3 Å². The molecule has 0 unspecified atom stereocenters. The first-order chi connectivity index (χ1) is 6.74. The van der Waals surface area contributed by atoms with Gasteiger partial charge in [-0.25, -0.2) is 0 Å². The molecule has 1 heterocycles. The van der Waals surface area contributed by atoms with Gasteiger partial charge in [0.2, 0.25) is 0 Å². The SMILES string of the molecule is CCOc1ccc(N)c2scc(Cl)c12. The fraction of sp³-hybridized carbons (Fsp3) is 0.200. The smallest absolute Gasteiger partial charge is 0.129 e. The average molecular weight is 228 g/mol. The second-order valence-corrected chi connectivity index (χ2v) is 4.16. The Hall–Kier alpha value is -0.930. The van der Waals surface area contributed by atoms with Gasteiger partial charge >= 0.3 is 0 Å². The fourth-order valence-electron chi connectivity index (χ4n) is 1.38. The van der Waals surface area contributed by atoms with Crippen molar-refractivity contribution in [2.75, 3.05) is 12.3 Å². The van der Waals surface area contributed by atoms with Crippen molar-refractivity contribution in [2.24, 2.45) is 0 Å². The summed E-state index contributed by atoms with van der Waals surface area (Å²) >= 11 is 7.60. The summed E-state index contributed by atoms with van der Waals surface area (Å²) in [6.07, 6.45) is 0. The zero-order valence-electron chi connectivity index (χ0n) is 7.71. The van der Waals surface area contributed by atoms with Crippen molar-refractivity contribution >= 4 is 38.7 Å². The number of hydrogen-bond acceptors (Lipinski definition) is 3. The summed E-state index contributed by atoms with van der Waals surface area (Å²) < 4.78 is 6.48. The normalized spacial score (nSPS) is 10.7. The molecular formula is C10H10ClNOS. The predicted octanol–water partition coefficient (Wildman–Crippen LogP) is 3.54. The number of halogens is 1. The number of ether oxygens (including phenoxy) is 1. The third kappa shape index (κ3) is 1.42. The lowest BCUT2D eigenvalue weighted by Gasteiger charge is -2.06. The molecule has 0 amide bonds. The molecule has 2 rings (SSSR count). The van der Waals surface area contributed by atoms with E-state index in [4.69, 9.17) is 22.1 Å². The molecule has 0 saturated heterocycles. The van der Waals surface area contributed by atoms with Crippen LogP contribution in [0.25, 0.3) is 10.1 Å². The van der Waals surface area contributed by atoms with Gasteiger partial charge in [0.25, 0.3) is 0 Å². The molecule has 0 bridgehead atoms. The summed E-state index contributed by atoms with van der Waals surface area (Å²) in [6, 6.07) is 3.71. The van der Waals surface area contributed by atoms with Gasteiger partial charge in [0.15, 0.2) is 0 Å². The highest BCUT2D eigenvalue weighted by atomic mass is 35.5. The third-order valence-corrected chi connectivity index (χ3v) is 3.43. The van der Waals surface area contributed by atoms with Crippen molar-refractivity contribution in [1.82, 2.24) is 0 Å². The number of benzene rings is 1. The molecule has 0 fully saturated rings. The summed E-state index contributed by atoms with van der Waals surface area (Å²) in [7, 11) is 0. The van der Waals surface area contributed by atoms with Crippen LogP contribution in [0.2, 0.25) is 5.02 Å². The van der Waals surface area contributed by atoms with E-state index in [1.54, 1.807) is 11.3 Å². The zero-order valence-corrected chi connectivity index (χ0v) is 9.28. The second-order valence-electron chi connectivity index (χ2n) is 2.87. The van der Waals surface area contributed by atoms with E-state index < -0.39 is 0 Å². The topological polar surface area (TPSA) is 35.2 Å². The molecule has 2 aromatic rings. The summed E-state index contributed by atoms with van der Waals surface area (Å²) in [4.78, 5) is 0. The number of hydrogen-bond donors (Lipinski definition) is 1. The Labute approximate surface area is 91.2 Å². The molecule has 0 spiro atoms. The molecule has 2 nitrogen and oxygen atoms in total. The maximum Gasteiger partial charge on any atom is 0.129 e. The summed E-state index contributed by atoms with van der Waals surface area (Å²) in [5.41, 5.74) is 6.58. The molecule has 0 aliphatic heterocycles. The van der Waals surface area contributed by atoms with E-state index in [1.165, 1.54) is 0 Å². The minimum Gasteiger partial charge on any atom is -0.493 e. The number of rotatable bonds is 2. The lowest BCUT2D eigenvalue weighted by Crippen LogP contribution is -1.93. The summed E-state index contributed by atoms with van der Waals surface area (Å²) in [5.74, 6) is 0.808. The maximum atomic E-state index is 6.06. The number of nitrogens with two attached hydrogens (primary N) is 1. The first kappa shape index (κ1) is 9.62. The van der Waals surface area contributed by atoms with Crippen molar-refractivity contribution in [3.8, 4) is 5.75 Å². The molecule has 0 radical (unpaired) electrons. The molecule has 0 aliphatic rings. The molecule has 1 aromatic carbocycles. The number of thiophene rings is 1. The van der Waals surface area contributed by atoms with Gasteiger partial charge in [0.05, 0.1) is 21.7 Å². The monoisotopic (exact) mass is 227 g/mol.